The highest BCUT2D eigenvalue weighted by molar-refractivity contribution is 6.31. The Labute approximate surface area is 122 Å². The summed E-state index contributed by atoms with van der Waals surface area (Å²) < 4.78 is 4.91. The molecule has 1 heterocycles. The molecule has 1 amide bonds. The van der Waals surface area contributed by atoms with E-state index in [4.69, 9.17) is 16.3 Å². The lowest BCUT2D eigenvalue weighted by Crippen LogP contribution is -2.15. The monoisotopic (exact) mass is 291 g/mol. The lowest BCUT2D eigenvalue weighted by molar-refractivity contribution is 0.102. The number of benzene rings is 1. The van der Waals surface area contributed by atoms with Crippen molar-refractivity contribution in [3.05, 3.63) is 46.2 Å². The molecule has 0 radical (unpaired) electrons. The van der Waals surface area contributed by atoms with Crippen LogP contribution in [-0.2, 0) is 0 Å². The Morgan fingerprint density at radius 3 is 2.75 bits per heavy atom. The Bertz CT molecular complexity index is 659. The van der Waals surface area contributed by atoms with Gasteiger partial charge >= 0.3 is 6.01 Å². The summed E-state index contributed by atoms with van der Waals surface area (Å²) in [4.78, 5) is 20.2. The number of carbonyl (C=O) groups excluding carboxylic acids is 1. The molecule has 5 nitrogen and oxygen atoms in total. The van der Waals surface area contributed by atoms with E-state index >= 15 is 0 Å². The zero-order chi connectivity index (χ0) is 14.7. The zero-order valence-electron chi connectivity index (χ0n) is 11.4. The van der Waals surface area contributed by atoms with Crippen LogP contribution in [0.3, 0.4) is 0 Å². The maximum absolute atomic E-state index is 12.2. The summed E-state index contributed by atoms with van der Waals surface area (Å²) in [7, 11) is 1.48. The molecule has 0 unspecified atom stereocenters. The highest BCUT2D eigenvalue weighted by Gasteiger charge is 2.13. The van der Waals surface area contributed by atoms with Crippen LogP contribution in [0.2, 0.25) is 5.02 Å². The first-order valence-electron chi connectivity index (χ1n) is 5.97. The van der Waals surface area contributed by atoms with E-state index < -0.39 is 0 Å². The first-order valence-corrected chi connectivity index (χ1v) is 6.35. The molecule has 6 heteroatoms. The van der Waals surface area contributed by atoms with Gasteiger partial charge in [0.25, 0.3) is 5.91 Å². The second-order valence-corrected chi connectivity index (χ2v) is 4.63. The molecule has 104 valence electrons. The third kappa shape index (κ3) is 2.88. The molecule has 1 aromatic heterocycles. The molecule has 0 aliphatic rings. The maximum atomic E-state index is 12.2. The molecule has 1 N–H and O–H groups in total. The van der Waals surface area contributed by atoms with Crippen molar-refractivity contribution in [2.24, 2.45) is 0 Å². The highest BCUT2D eigenvalue weighted by atomic mass is 35.5. The third-order valence-electron chi connectivity index (χ3n) is 2.90. The number of methoxy groups -OCH3 is 1. The second kappa shape index (κ2) is 5.88. The van der Waals surface area contributed by atoms with Crippen LogP contribution >= 0.6 is 11.6 Å². The summed E-state index contributed by atoms with van der Waals surface area (Å²) in [6.45, 7) is 3.57. The summed E-state index contributed by atoms with van der Waals surface area (Å²) in [6.07, 6.45) is 1.44. The van der Waals surface area contributed by atoms with Crippen molar-refractivity contribution in [3.8, 4) is 6.01 Å². The van der Waals surface area contributed by atoms with Gasteiger partial charge in [0, 0.05) is 16.9 Å². The van der Waals surface area contributed by atoms with Crippen molar-refractivity contribution < 1.29 is 9.53 Å². The molecule has 0 aliphatic heterocycles. The molecular formula is C14H14ClN3O2. The fourth-order valence-electron chi connectivity index (χ4n) is 1.70. The van der Waals surface area contributed by atoms with Gasteiger partial charge in [-0.15, -0.1) is 0 Å². The normalized spacial score (nSPS) is 10.2. The number of hydrogen-bond donors (Lipinski definition) is 1. The number of carbonyl (C=O) groups is 1. The topological polar surface area (TPSA) is 64.1 Å². The van der Waals surface area contributed by atoms with E-state index in [0.29, 0.717) is 22.0 Å². The van der Waals surface area contributed by atoms with Crippen LogP contribution in [0.4, 0.5) is 5.69 Å². The Morgan fingerprint density at radius 2 is 2.10 bits per heavy atom. The molecule has 0 aliphatic carbocycles. The molecule has 0 saturated heterocycles. The Hall–Kier alpha value is -2.14. The van der Waals surface area contributed by atoms with E-state index in [9.17, 15) is 4.79 Å². The van der Waals surface area contributed by atoms with E-state index in [2.05, 4.69) is 15.3 Å². The van der Waals surface area contributed by atoms with Crippen LogP contribution in [0.15, 0.2) is 24.4 Å². The van der Waals surface area contributed by atoms with Crippen LogP contribution in [-0.4, -0.2) is 23.0 Å². The molecule has 0 bridgehead atoms. The first-order chi connectivity index (χ1) is 9.52. The summed E-state index contributed by atoms with van der Waals surface area (Å²) in [5.74, 6) is -0.282. The quantitative estimate of drug-likeness (QED) is 0.944. The van der Waals surface area contributed by atoms with Crippen molar-refractivity contribution in [3.63, 3.8) is 0 Å². The van der Waals surface area contributed by atoms with Crippen molar-refractivity contribution >= 4 is 23.2 Å². The van der Waals surface area contributed by atoms with Gasteiger partial charge in [-0.1, -0.05) is 17.7 Å². The van der Waals surface area contributed by atoms with E-state index in [0.717, 1.165) is 5.56 Å². The molecule has 2 rings (SSSR count). The number of nitrogens with one attached hydrogen (secondary N) is 1. The van der Waals surface area contributed by atoms with Gasteiger partial charge in [0.15, 0.2) is 0 Å². The number of amides is 1. The Kier molecular flexibility index (Phi) is 4.20. The minimum atomic E-state index is -0.282. The number of hydrogen-bond acceptors (Lipinski definition) is 4. The number of aryl methyl sites for hydroxylation is 1. The van der Waals surface area contributed by atoms with Crippen LogP contribution in [0.25, 0.3) is 0 Å². The van der Waals surface area contributed by atoms with Crippen molar-refractivity contribution in [1.29, 1.82) is 0 Å². The number of rotatable bonds is 3. The smallest absolute Gasteiger partial charge is 0.316 e. The lowest BCUT2D eigenvalue weighted by Gasteiger charge is -2.10. The van der Waals surface area contributed by atoms with Crippen molar-refractivity contribution in [2.75, 3.05) is 12.4 Å². The average molecular weight is 292 g/mol. The van der Waals surface area contributed by atoms with Gasteiger partial charge < -0.3 is 10.1 Å². The van der Waals surface area contributed by atoms with Gasteiger partial charge in [0.2, 0.25) is 0 Å². The van der Waals surface area contributed by atoms with E-state index in [1.165, 1.54) is 13.3 Å². The van der Waals surface area contributed by atoms with Crippen LogP contribution < -0.4 is 10.1 Å². The zero-order valence-corrected chi connectivity index (χ0v) is 12.2. The fourth-order valence-corrected chi connectivity index (χ4v) is 1.87. The Balaban J connectivity index is 2.26. The predicted molar refractivity (Wildman–Crippen MR) is 77.5 cm³/mol. The van der Waals surface area contributed by atoms with Gasteiger partial charge in [0.05, 0.1) is 18.4 Å². The van der Waals surface area contributed by atoms with E-state index in [1.54, 1.807) is 25.1 Å². The SMILES string of the molecule is COc1ncc(C(=O)Nc2cccc(Cl)c2C)c(C)n1. The first kappa shape index (κ1) is 14.3. The largest absolute Gasteiger partial charge is 0.467 e. The highest BCUT2D eigenvalue weighted by Crippen LogP contribution is 2.23. The molecule has 0 saturated carbocycles. The fraction of sp³-hybridized carbons (Fsp3) is 0.214. The lowest BCUT2D eigenvalue weighted by atomic mass is 10.1. The van der Waals surface area contributed by atoms with Crippen LogP contribution in [0, 0.1) is 13.8 Å². The van der Waals surface area contributed by atoms with Crippen molar-refractivity contribution in [1.82, 2.24) is 9.97 Å². The van der Waals surface area contributed by atoms with Crippen LogP contribution in [0.5, 0.6) is 6.01 Å². The maximum Gasteiger partial charge on any atom is 0.316 e. The molecule has 2 aromatic rings. The molecule has 0 atom stereocenters. The Morgan fingerprint density at radius 1 is 1.35 bits per heavy atom. The van der Waals surface area contributed by atoms with Gasteiger partial charge in [-0.2, -0.15) is 4.98 Å². The summed E-state index contributed by atoms with van der Waals surface area (Å²) >= 11 is 6.02. The molecule has 0 fully saturated rings. The second-order valence-electron chi connectivity index (χ2n) is 4.22. The average Bonchev–Trinajstić information content (AvgIpc) is 2.43. The minimum Gasteiger partial charge on any atom is -0.467 e. The summed E-state index contributed by atoms with van der Waals surface area (Å²) in [5, 5.41) is 3.40. The molecular weight excluding hydrogens is 278 g/mol. The number of halogens is 1. The third-order valence-corrected chi connectivity index (χ3v) is 3.31. The molecule has 1 aromatic carbocycles. The van der Waals surface area contributed by atoms with E-state index in [1.807, 2.05) is 6.92 Å². The number of aromatic nitrogens is 2. The minimum absolute atomic E-state index is 0.234. The number of ether oxygens (including phenoxy) is 1. The summed E-state index contributed by atoms with van der Waals surface area (Å²) in [5.41, 5.74) is 2.42. The van der Waals surface area contributed by atoms with Gasteiger partial charge in [-0.25, -0.2) is 4.98 Å². The number of nitrogens with zero attached hydrogens (tertiary/aromatic N) is 2. The molecule has 20 heavy (non-hydrogen) atoms. The van der Waals surface area contributed by atoms with Crippen molar-refractivity contribution in [2.45, 2.75) is 13.8 Å². The molecule has 0 spiro atoms. The van der Waals surface area contributed by atoms with Gasteiger partial charge in [-0.3, -0.25) is 4.79 Å². The van der Waals surface area contributed by atoms with Gasteiger partial charge in [0.1, 0.15) is 0 Å². The van der Waals surface area contributed by atoms with Gasteiger partial charge in [-0.05, 0) is 31.5 Å². The predicted octanol–water partition coefficient (Wildman–Crippen LogP) is 3.01. The van der Waals surface area contributed by atoms with Crippen LogP contribution in [0.1, 0.15) is 21.6 Å². The number of anilines is 1. The van der Waals surface area contributed by atoms with E-state index in [-0.39, 0.29) is 11.9 Å². The standard InChI is InChI=1S/C14H14ClN3O2/c1-8-11(15)5-4-6-12(8)18-13(19)10-7-16-14(20-3)17-9(10)2/h4-7H,1-3H3,(H,18,19). The summed E-state index contributed by atoms with van der Waals surface area (Å²) in [6, 6.07) is 5.58.